The van der Waals surface area contributed by atoms with Gasteiger partial charge in [0.1, 0.15) is 0 Å². The Morgan fingerprint density at radius 2 is 2.00 bits per heavy atom. The van der Waals surface area contributed by atoms with E-state index in [1.807, 2.05) is 34.4 Å². The van der Waals surface area contributed by atoms with Crippen LogP contribution < -0.4 is 0 Å². The van der Waals surface area contributed by atoms with E-state index in [0.717, 1.165) is 5.52 Å². The summed E-state index contributed by atoms with van der Waals surface area (Å²) in [7, 11) is 5.63. The van der Waals surface area contributed by atoms with E-state index in [-0.39, 0.29) is 0 Å². The molecule has 1 heterocycles. The third kappa shape index (κ3) is 1.12. The smallest absolute Gasteiger partial charge is 0.0656 e. The third-order valence-corrected chi connectivity index (χ3v) is 2.55. The van der Waals surface area contributed by atoms with Crippen molar-refractivity contribution < 1.29 is 0 Å². The van der Waals surface area contributed by atoms with Gasteiger partial charge in [-0.2, -0.15) is 0 Å². The van der Waals surface area contributed by atoms with Crippen LogP contribution in [-0.2, 0) is 0 Å². The molecule has 56 valence electrons. The van der Waals surface area contributed by atoms with E-state index < -0.39 is 0 Å². The zero-order valence-electron chi connectivity index (χ0n) is 5.70. The second kappa shape index (κ2) is 2.80. The van der Waals surface area contributed by atoms with E-state index in [0.29, 0.717) is 0 Å². The Morgan fingerprint density at radius 1 is 1.18 bits per heavy atom. The van der Waals surface area contributed by atoms with Crippen LogP contribution in [0.1, 0.15) is 0 Å². The Bertz CT molecular complexity index is 369. The molecule has 3 heteroatoms. The van der Waals surface area contributed by atoms with E-state index in [2.05, 4.69) is 6.07 Å². The number of hydrogen-bond acceptors (Lipinski definition) is 1. The van der Waals surface area contributed by atoms with Crippen LogP contribution in [0.3, 0.4) is 0 Å². The van der Waals surface area contributed by atoms with Crippen molar-refractivity contribution in [2.75, 3.05) is 0 Å². The Balaban J connectivity index is 2.76. The van der Waals surface area contributed by atoms with Gasteiger partial charge in [-0.15, -0.1) is 0 Å². The molecule has 0 bridgehead atoms. The maximum absolute atomic E-state index is 5.63. The molecule has 11 heavy (non-hydrogen) atoms. The van der Waals surface area contributed by atoms with Crippen molar-refractivity contribution >= 4 is 32.7 Å². The average Bonchev–Trinajstić information content (AvgIpc) is 2.47. The predicted octanol–water partition coefficient (Wildman–Crippen LogP) is 3.29. The third-order valence-electron chi connectivity index (χ3n) is 1.64. The minimum Gasteiger partial charge on any atom is -0.278 e. The lowest BCUT2D eigenvalue weighted by Gasteiger charge is -1.94. The summed E-state index contributed by atoms with van der Waals surface area (Å²) in [5, 5.41) is 1.22. The molecule has 1 aromatic carbocycles. The van der Waals surface area contributed by atoms with Gasteiger partial charge in [0, 0.05) is 11.6 Å². The minimum atomic E-state index is 1.16. The van der Waals surface area contributed by atoms with E-state index >= 15 is 0 Å². The van der Waals surface area contributed by atoms with Crippen molar-refractivity contribution in [3.8, 4) is 0 Å². The Kier molecular flexibility index (Phi) is 1.80. The van der Waals surface area contributed by atoms with Crippen molar-refractivity contribution in [1.82, 2.24) is 3.97 Å². The minimum absolute atomic E-state index is 1.16. The fraction of sp³-hybridized carbons (Fsp3) is 0. The second-order valence-electron chi connectivity index (χ2n) is 2.27. The monoisotopic (exact) mass is 183 g/mol. The molecule has 2 rings (SSSR count). The molecule has 0 aliphatic carbocycles. The zero-order chi connectivity index (χ0) is 7.68. The van der Waals surface area contributed by atoms with Crippen LogP contribution in [0, 0.1) is 0 Å². The van der Waals surface area contributed by atoms with Crippen LogP contribution in [0.5, 0.6) is 0 Å². The van der Waals surface area contributed by atoms with E-state index in [1.165, 1.54) is 16.5 Å². The van der Waals surface area contributed by atoms with Gasteiger partial charge in [0.25, 0.3) is 0 Å². The van der Waals surface area contributed by atoms with Gasteiger partial charge in [-0.25, -0.2) is 0 Å². The lowest BCUT2D eigenvalue weighted by Crippen LogP contribution is -1.76. The van der Waals surface area contributed by atoms with Crippen LogP contribution in [0.25, 0.3) is 10.9 Å². The van der Waals surface area contributed by atoms with Crippen LogP contribution >= 0.6 is 21.8 Å². The van der Waals surface area contributed by atoms with E-state index in [9.17, 15) is 0 Å². The Labute approximate surface area is 73.6 Å². The number of para-hydroxylation sites is 1. The highest BCUT2D eigenvalue weighted by Gasteiger charge is 1.96. The molecule has 0 amide bonds. The largest absolute Gasteiger partial charge is 0.278 e. The summed E-state index contributed by atoms with van der Waals surface area (Å²) in [6.07, 6.45) is 1.96. The van der Waals surface area contributed by atoms with Gasteiger partial charge in [-0.1, -0.05) is 18.2 Å². The summed E-state index contributed by atoms with van der Waals surface area (Å²) in [6.45, 7) is 0. The molecule has 0 spiro atoms. The molecule has 0 aliphatic rings. The molecule has 0 unspecified atom stereocenters. The fourth-order valence-corrected chi connectivity index (χ4v) is 1.83. The van der Waals surface area contributed by atoms with Gasteiger partial charge in [0.2, 0.25) is 0 Å². The van der Waals surface area contributed by atoms with Gasteiger partial charge in [0.15, 0.2) is 0 Å². The number of benzene rings is 1. The van der Waals surface area contributed by atoms with Gasteiger partial charge in [-0.05, 0) is 22.8 Å². The van der Waals surface area contributed by atoms with E-state index in [1.54, 1.807) is 0 Å². The highest BCUT2D eigenvalue weighted by molar-refractivity contribution is 8.20. The molecule has 0 fully saturated rings. The van der Waals surface area contributed by atoms with Crippen molar-refractivity contribution in [3.05, 3.63) is 36.5 Å². The number of nitrogens with zero attached hydrogens (tertiary/aromatic N) is 1. The SMILES string of the molecule is ClSn1ccc2ccccc21. The molecule has 2 aromatic rings. The summed E-state index contributed by atoms with van der Waals surface area (Å²) in [5.41, 5.74) is 1.16. The summed E-state index contributed by atoms with van der Waals surface area (Å²) in [5.74, 6) is 0. The summed E-state index contributed by atoms with van der Waals surface area (Å²) >= 11 is 1.19. The highest BCUT2D eigenvalue weighted by Crippen LogP contribution is 2.21. The number of halogens is 1. The first-order valence-electron chi connectivity index (χ1n) is 3.27. The fourth-order valence-electron chi connectivity index (χ4n) is 1.12. The molecule has 0 N–H and O–H groups in total. The molecule has 0 atom stereocenters. The molecule has 1 nitrogen and oxygen atoms in total. The number of fused-ring (bicyclic) bond motifs is 1. The first-order valence-corrected chi connectivity index (χ1v) is 4.87. The first-order chi connectivity index (χ1) is 5.42. The zero-order valence-corrected chi connectivity index (χ0v) is 7.27. The van der Waals surface area contributed by atoms with Crippen LogP contribution in [0.15, 0.2) is 36.5 Å². The maximum atomic E-state index is 5.63. The summed E-state index contributed by atoms with van der Waals surface area (Å²) in [4.78, 5) is 0. The lowest BCUT2D eigenvalue weighted by atomic mass is 10.3. The van der Waals surface area contributed by atoms with Crippen LogP contribution in [-0.4, -0.2) is 3.97 Å². The predicted molar refractivity (Wildman–Crippen MR) is 50.8 cm³/mol. The maximum Gasteiger partial charge on any atom is 0.0656 e. The molecule has 0 saturated heterocycles. The van der Waals surface area contributed by atoms with Crippen LogP contribution in [0.4, 0.5) is 0 Å². The number of hydrogen-bond donors (Lipinski definition) is 0. The molecular weight excluding hydrogens is 178 g/mol. The second-order valence-corrected chi connectivity index (χ2v) is 3.21. The molecular formula is C8H6ClNS. The first kappa shape index (κ1) is 7.07. The Hall–Kier alpha value is -0.600. The topological polar surface area (TPSA) is 4.93 Å². The van der Waals surface area contributed by atoms with Crippen LogP contribution in [0.2, 0.25) is 0 Å². The molecule has 0 radical (unpaired) electrons. The van der Waals surface area contributed by atoms with Crippen molar-refractivity contribution in [2.45, 2.75) is 0 Å². The normalized spacial score (nSPS) is 10.6. The standard InChI is InChI=1S/C8H6ClNS/c9-11-10-6-5-7-3-1-2-4-8(7)10/h1-6H. The quantitative estimate of drug-likeness (QED) is 0.657. The van der Waals surface area contributed by atoms with Crippen molar-refractivity contribution in [3.63, 3.8) is 0 Å². The van der Waals surface area contributed by atoms with Crippen molar-refractivity contribution in [1.29, 1.82) is 0 Å². The molecule has 1 aromatic heterocycles. The van der Waals surface area contributed by atoms with Crippen molar-refractivity contribution in [2.24, 2.45) is 0 Å². The Morgan fingerprint density at radius 3 is 2.82 bits per heavy atom. The van der Waals surface area contributed by atoms with Gasteiger partial charge in [-0.3, -0.25) is 3.97 Å². The highest BCUT2D eigenvalue weighted by atomic mass is 35.7. The number of rotatable bonds is 1. The molecule has 0 aliphatic heterocycles. The summed E-state index contributed by atoms with van der Waals surface area (Å²) in [6, 6.07) is 10.2. The summed E-state index contributed by atoms with van der Waals surface area (Å²) < 4.78 is 1.93. The van der Waals surface area contributed by atoms with Gasteiger partial charge < -0.3 is 0 Å². The molecule has 0 saturated carbocycles. The lowest BCUT2D eigenvalue weighted by molar-refractivity contribution is 1.36. The van der Waals surface area contributed by atoms with Gasteiger partial charge in [0.05, 0.1) is 16.7 Å². The number of aromatic nitrogens is 1. The average molecular weight is 184 g/mol. The van der Waals surface area contributed by atoms with Gasteiger partial charge >= 0.3 is 0 Å². The van der Waals surface area contributed by atoms with E-state index in [4.69, 9.17) is 10.7 Å².